The molecule has 1 aromatic rings. The molecular formula is C16H27N3O. The van der Waals surface area contributed by atoms with Crippen molar-refractivity contribution in [2.75, 3.05) is 46.9 Å². The number of nitrogens with zero attached hydrogens (tertiary/aromatic N) is 2. The lowest BCUT2D eigenvalue weighted by Gasteiger charge is -2.40. The molecule has 4 nitrogen and oxygen atoms in total. The van der Waals surface area contributed by atoms with Crippen LogP contribution in [0.4, 0.5) is 0 Å². The zero-order valence-corrected chi connectivity index (χ0v) is 12.8. The van der Waals surface area contributed by atoms with E-state index in [1.54, 1.807) is 0 Å². The predicted molar refractivity (Wildman–Crippen MR) is 81.9 cm³/mol. The maximum atomic E-state index is 5.73. The van der Waals surface area contributed by atoms with E-state index in [0.717, 1.165) is 39.3 Å². The van der Waals surface area contributed by atoms with Gasteiger partial charge in [-0.2, -0.15) is 0 Å². The number of likely N-dealkylation sites (N-methyl/N-ethyl adjacent to an activating group) is 1. The summed E-state index contributed by atoms with van der Waals surface area (Å²) in [4.78, 5) is 6.50. The Hall–Kier alpha value is -0.970. The summed E-state index contributed by atoms with van der Waals surface area (Å²) in [7, 11) is 4.25. The van der Waals surface area contributed by atoms with Gasteiger partial charge >= 0.3 is 0 Å². The van der Waals surface area contributed by atoms with Crippen molar-refractivity contribution in [3.05, 3.63) is 30.1 Å². The largest absolute Gasteiger partial charge is 0.381 e. The minimum Gasteiger partial charge on any atom is -0.381 e. The molecule has 4 heteroatoms. The average molecular weight is 277 g/mol. The Morgan fingerprint density at radius 2 is 2.20 bits per heavy atom. The zero-order valence-electron chi connectivity index (χ0n) is 12.8. The molecule has 1 aliphatic heterocycles. The molecule has 1 unspecified atom stereocenters. The van der Waals surface area contributed by atoms with Crippen molar-refractivity contribution in [1.29, 1.82) is 0 Å². The van der Waals surface area contributed by atoms with Crippen molar-refractivity contribution in [3.63, 3.8) is 0 Å². The summed E-state index contributed by atoms with van der Waals surface area (Å²) in [6.45, 7) is 5.01. The highest BCUT2D eigenvalue weighted by atomic mass is 16.5. The molecule has 0 aromatic carbocycles. The molecule has 2 rings (SSSR count). The Kier molecular flexibility index (Phi) is 5.95. The first-order valence-corrected chi connectivity index (χ1v) is 7.54. The molecule has 112 valence electrons. The van der Waals surface area contributed by atoms with Crippen molar-refractivity contribution in [2.24, 2.45) is 5.41 Å². The number of aromatic nitrogens is 1. The maximum absolute atomic E-state index is 5.73. The van der Waals surface area contributed by atoms with E-state index in [2.05, 4.69) is 34.4 Å². The average Bonchev–Trinajstić information content (AvgIpc) is 2.47. The van der Waals surface area contributed by atoms with Crippen LogP contribution in [0.3, 0.4) is 0 Å². The number of hydrogen-bond donors (Lipinski definition) is 1. The van der Waals surface area contributed by atoms with Crippen LogP contribution in [0.5, 0.6) is 0 Å². The third-order valence-corrected chi connectivity index (χ3v) is 4.09. The Labute approximate surface area is 122 Å². The molecule has 1 aromatic heterocycles. The van der Waals surface area contributed by atoms with E-state index >= 15 is 0 Å². The number of ether oxygens (including phenoxy) is 1. The van der Waals surface area contributed by atoms with Gasteiger partial charge in [-0.15, -0.1) is 0 Å². The summed E-state index contributed by atoms with van der Waals surface area (Å²) in [5, 5.41) is 3.34. The minimum absolute atomic E-state index is 0.278. The fourth-order valence-electron chi connectivity index (χ4n) is 3.13. The van der Waals surface area contributed by atoms with Crippen LogP contribution in [0, 0.1) is 5.41 Å². The van der Waals surface area contributed by atoms with E-state index in [9.17, 15) is 0 Å². The van der Waals surface area contributed by atoms with Gasteiger partial charge in [-0.05, 0) is 51.1 Å². The Morgan fingerprint density at radius 3 is 2.85 bits per heavy atom. The van der Waals surface area contributed by atoms with Crippen molar-refractivity contribution in [1.82, 2.24) is 15.2 Å². The Balaban J connectivity index is 1.83. The van der Waals surface area contributed by atoms with Crippen LogP contribution in [0.25, 0.3) is 0 Å². The molecular weight excluding hydrogens is 250 g/mol. The zero-order chi connectivity index (χ0) is 14.3. The first-order valence-electron chi connectivity index (χ1n) is 7.54. The molecule has 0 amide bonds. The lowest BCUT2D eigenvalue weighted by Crippen LogP contribution is -2.47. The summed E-state index contributed by atoms with van der Waals surface area (Å²) in [6, 6.07) is 4.20. The van der Waals surface area contributed by atoms with Gasteiger partial charge in [0, 0.05) is 44.0 Å². The van der Waals surface area contributed by atoms with Crippen LogP contribution < -0.4 is 5.32 Å². The molecule has 0 spiro atoms. The standard InChI is InChI=1S/C16H27N3O/c1-17-12-16(7-3-11-20-14-16)13-19(2)10-6-15-4-8-18-9-5-15/h4-5,8-9,17H,3,6-7,10-14H2,1-2H3. The molecule has 0 saturated carbocycles. The fraction of sp³-hybridized carbons (Fsp3) is 0.688. The van der Waals surface area contributed by atoms with E-state index in [-0.39, 0.29) is 5.41 Å². The van der Waals surface area contributed by atoms with E-state index < -0.39 is 0 Å². The molecule has 1 saturated heterocycles. The predicted octanol–water partition coefficient (Wildman–Crippen LogP) is 1.57. The SMILES string of the molecule is CNCC1(CN(C)CCc2ccncc2)CCCOC1. The highest BCUT2D eigenvalue weighted by Crippen LogP contribution is 2.28. The van der Waals surface area contributed by atoms with E-state index in [4.69, 9.17) is 4.74 Å². The van der Waals surface area contributed by atoms with E-state index in [0.29, 0.717) is 0 Å². The third kappa shape index (κ3) is 4.54. The van der Waals surface area contributed by atoms with Crippen LogP contribution in [0.15, 0.2) is 24.5 Å². The third-order valence-electron chi connectivity index (χ3n) is 4.09. The number of pyridine rings is 1. The van der Waals surface area contributed by atoms with Gasteiger partial charge in [0.2, 0.25) is 0 Å². The van der Waals surface area contributed by atoms with Gasteiger partial charge in [-0.1, -0.05) is 0 Å². The first-order chi connectivity index (χ1) is 9.74. The first kappa shape index (κ1) is 15.4. The second kappa shape index (κ2) is 7.72. The molecule has 1 fully saturated rings. The quantitative estimate of drug-likeness (QED) is 0.821. The second-order valence-corrected chi connectivity index (χ2v) is 6.03. The van der Waals surface area contributed by atoms with Gasteiger partial charge in [0.15, 0.2) is 0 Å². The molecule has 2 heterocycles. The number of nitrogens with one attached hydrogen (secondary N) is 1. The lowest BCUT2D eigenvalue weighted by atomic mass is 9.82. The van der Waals surface area contributed by atoms with Gasteiger partial charge in [0.1, 0.15) is 0 Å². The molecule has 1 atom stereocenters. The molecule has 20 heavy (non-hydrogen) atoms. The van der Waals surface area contributed by atoms with Gasteiger partial charge < -0.3 is 15.0 Å². The summed E-state index contributed by atoms with van der Waals surface area (Å²) in [5.74, 6) is 0. The Morgan fingerprint density at radius 1 is 1.40 bits per heavy atom. The van der Waals surface area contributed by atoms with Gasteiger partial charge in [-0.25, -0.2) is 0 Å². The molecule has 1 N–H and O–H groups in total. The number of hydrogen-bond acceptors (Lipinski definition) is 4. The van der Waals surface area contributed by atoms with E-state index in [1.807, 2.05) is 19.4 Å². The molecule has 0 aliphatic carbocycles. The van der Waals surface area contributed by atoms with Crippen molar-refractivity contribution in [3.8, 4) is 0 Å². The van der Waals surface area contributed by atoms with Crippen LogP contribution in [-0.2, 0) is 11.2 Å². The smallest absolute Gasteiger partial charge is 0.0546 e. The lowest BCUT2D eigenvalue weighted by molar-refractivity contribution is -0.0216. The summed E-state index contributed by atoms with van der Waals surface area (Å²) >= 11 is 0. The second-order valence-electron chi connectivity index (χ2n) is 6.03. The van der Waals surface area contributed by atoms with Crippen molar-refractivity contribution >= 4 is 0 Å². The molecule has 1 aliphatic rings. The molecule has 0 bridgehead atoms. The van der Waals surface area contributed by atoms with Gasteiger partial charge in [0.25, 0.3) is 0 Å². The van der Waals surface area contributed by atoms with Crippen molar-refractivity contribution in [2.45, 2.75) is 19.3 Å². The summed E-state index contributed by atoms with van der Waals surface area (Å²) < 4.78 is 5.73. The molecule has 0 radical (unpaired) electrons. The maximum Gasteiger partial charge on any atom is 0.0546 e. The monoisotopic (exact) mass is 277 g/mol. The summed E-state index contributed by atoms with van der Waals surface area (Å²) in [6.07, 6.45) is 7.25. The van der Waals surface area contributed by atoms with Crippen LogP contribution in [0.1, 0.15) is 18.4 Å². The Bertz CT molecular complexity index is 371. The van der Waals surface area contributed by atoms with Crippen LogP contribution >= 0.6 is 0 Å². The van der Waals surface area contributed by atoms with Gasteiger partial charge in [-0.3, -0.25) is 4.98 Å². The number of rotatable bonds is 7. The van der Waals surface area contributed by atoms with Crippen molar-refractivity contribution < 1.29 is 4.74 Å². The fourth-order valence-corrected chi connectivity index (χ4v) is 3.13. The van der Waals surface area contributed by atoms with E-state index in [1.165, 1.54) is 18.4 Å². The summed E-state index contributed by atoms with van der Waals surface area (Å²) in [5.41, 5.74) is 1.63. The van der Waals surface area contributed by atoms with Gasteiger partial charge in [0.05, 0.1) is 6.61 Å². The van der Waals surface area contributed by atoms with Crippen LogP contribution in [0.2, 0.25) is 0 Å². The topological polar surface area (TPSA) is 37.4 Å². The highest BCUT2D eigenvalue weighted by molar-refractivity contribution is 5.09. The minimum atomic E-state index is 0.278. The van der Waals surface area contributed by atoms with Crippen LogP contribution in [-0.4, -0.2) is 56.8 Å². The highest BCUT2D eigenvalue weighted by Gasteiger charge is 2.33. The normalized spacial score (nSPS) is 23.1.